The summed E-state index contributed by atoms with van der Waals surface area (Å²) in [5.41, 5.74) is -0.473. The van der Waals surface area contributed by atoms with Gasteiger partial charge in [-0.15, -0.1) is 23.1 Å². The third-order valence-electron chi connectivity index (χ3n) is 4.39. The first-order valence-corrected chi connectivity index (χ1v) is 10.4. The van der Waals surface area contributed by atoms with Crippen LogP contribution in [0.2, 0.25) is 0 Å². The molecule has 7 nitrogen and oxygen atoms in total. The Morgan fingerprint density at radius 3 is 2.89 bits per heavy atom. The number of nitrogens with zero attached hydrogens (tertiary/aromatic N) is 2. The molecule has 1 saturated heterocycles. The Morgan fingerprint density at radius 2 is 2.22 bits per heavy atom. The van der Waals surface area contributed by atoms with Crippen LogP contribution in [0.25, 0.3) is 0 Å². The molecule has 1 aromatic heterocycles. The Kier molecular flexibility index (Phi) is 6.12. The van der Waals surface area contributed by atoms with Crippen LogP contribution in [0.4, 0.5) is 5.69 Å². The molecule has 0 spiro atoms. The minimum atomic E-state index is -0.863. The number of carbonyl (C=O) groups excluding carboxylic acids is 2. The maximum atomic E-state index is 12.5. The highest BCUT2D eigenvalue weighted by Crippen LogP contribution is 2.34. The minimum absolute atomic E-state index is 0.00496. The molecule has 2 heterocycles. The van der Waals surface area contributed by atoms with Crippen molar-refractivity contribution in [2.24, 2.45) is 0 Å². The van der Waals surface area contributed by atoms with Gasteiger partial charge in [0.1, 0.15) is 5.56 Å². The van der Waals surface area contributed by atoms with Gasteiger partial charge >= 0.3 is 5.97 Å². The number of thiophene rings is 1. The van der Waals surface area contributed by atoms with Gasteiger partial charge in [-0.3, -0.25) is 14.9 Å². The monoisotopic (exact) mass is 406 g/mol. The molecular formula is C18H18N2O5S2. The lowest BCUT2D eigenvalue weighted by Gasteiger charge is -2.23. The van der Waals surface area contributed by atoms with E-state index in [9.17, 15) is 19.7 Å². The van der Waals surface area contributed by atoms with Crippen molar-refractivity contribution >= 4 is 40.7 Å². The summed E-state index contributed by atoms with van der Waals surface area (Å²) < 4.78 is 5.12. The lowest BCUT2D eigenvalue weighted by Crippen LogP contribution is -2.34. The molecule has 3 rings (SSSR count). The number of likely N-dealkylation sites (tertiary alicyclic amines) is 1. The number of carbonyl (C=O) groups is 2. The van der Waals surface area contributed by atoms with Crippen molar-refractivity contribution < 1.29 is 19.2 Å². The van der Waals surface area contributed by atoms with E-state index in [0.717, 1.165) is 17.7 Å². The van der Waals surface area contributed by atoms with E-state index in [-0.39, 0.29) is 23.2 Å². The summed E-state index contributed by atoms with van der Waals surface area (Å²) >= 11 is 2.95. The second kappa shape index (κ2) is 8.53. The second-order valence-electron chi connectivity index (χ2n) is 5.98. The van der Waals surface area contributed by atoms with E-state index in [0.29, 0.717) is 11.4 Å². The van der Waals surface area contributed by atoms with E-state index in [1.807, 2.05) is 17.5 Å². The van der Waals surface area contributed by atoms with Crippen LogP contribution in [0, 0.1) is 10.1 Å². The molecule has 2 aromatic rings. The van der Waals surface area contributed by atoms with E-state index in [1.54, 1.807) is 28.6 Å². The van der Waals surface area contributed by atoms with Crippen molar-refractivity contribution in [2.75, 3.05) is 19.4 Å². The molecule has 1 unspecified atom stereocenters. The first-order valence-electron chi connectivity index (χ1n) is 8.33. The summed E-state index contributed by atoms with van der Waals surface area (Å²) in [6.45, 7) is 0.183. The number of hydrogen-bond acceptors (Lipinski definition) is 7. The van der Waals surface area contributed by atoms with Crippen LogP contribution in [0.1, 0.15) is 34.1 Å². The van der Waals surface area contributed by atoms with Crippen LogP contribution in [-0.4, -0.2) is 41.1 Å². The number of hydrogen-bond donors (Lipinski definition) is 0. The largest absolute Gasteiger partial charge is 0.452 e. The zero-order valence-electron chi connectivity index (χ0n) is 14.6. The third-order valence-corrected chi connectivity index (χ3v) is 6.09. The zero-order chi connectivity index (χ0) is 19.4. The highest BCUT2D eigenvalue weighted by molar-refractivity contribution is 7.98. The van der Waals surface area contributed by atoms with Crippen LogP contribution in [0.3, 0.4) is 0 Å². The van der Waals surface area contributed by atoms with E-state index in [2.05, 4.69) is 0 Å². The first kappa shape index (κ1) is 19.4. The SMILES string of the molecule is CSc1ccc([N+](=O)[O-])c(C(=O)OCC(=O)N2CCCC2c2cccs2)c1. The second-order valence-corrected chi connectivity index (χ2v) is 7.84. The summed E-state index contributed by atoms with van der Waals surface area (Å²) in [4.78, 5) is 39.0. The number of rotatable bonds is 6. The quantitative estimate of drug-likeness (QED) is 0.313. The number of amides is 1. The van der Waals surface area contributed by atoms with Gasteiger partial charge in [-0.2, -0.15) is 0 Å². The number of nitro groups is 1. The average Bonchev–Trinajstić information content (AvgIpc) is 3.36. The molecule has 1 amide bonds. The Bertz CT molecular complexity index is 853. The Morgan fingerprint density at radius 1 is 1.41 bits per heavy atom. The summed E-state index contributed by atoms with van der Waals surface area (Å²) in [7, 11) is 0. The van der Waals surface area contributed by atoms with Gasteiger partial charge in [-0.1, -0.05) is 6.07 Å². The number of benzene rings is 1. The summed E-state index contributed by atoms with van der Waals surface area (Å²) in [6, 6.07) is 8.20. The molecule has 1 fully saturated rings. The fourth-order valence-corrected chi connectivity index (χ4v) is 4.41. The van der Waals surface area contributed by atoms with Gasteiger partial charge in [0.05, 0.1) is 11.0 Å². The lowest BCUT2D eigenvalue weighted by molar-refractivity contribution is -0.385. The van der Waals surface area contributed by atoms with Crippen molar-refractivity contribution in [2.45, 2.75) is 23.8 Å². The van der Waals surface area contributed by atoms with Crippen LogP contribution in [-0.2, 0) is 9.53 Å². The van der Waals surface area contributed by atoms with E-state index >= 15 is 0 Å². The normalized spacial score (nSPS) is 16.3. The molecule has 9 heteroatoms. The molecule has 0 N–H and O–H groups in total. The molecule has 27 heavy (non-hydrogen) atoms. The van der Waals surface area contributed by atoms with Crippen LogP contribution in [0.15, 0.2) is 40.6 Å². The highest BCUT2D eigenvalue weighted by atomic mass is 32.2. The Labute approximate surface area is 164 Å². The fraction of sp³-hybridized carbons (Fsp3) is 0.333. The van der Waals surface area contributed by atoms with Crippen LogP contribution in [0.5, 0.6) is 0 Å². The summed E-state index contributed by atoms with van der Waals surface area (Å²) in [5, 5.41) is 13.1. The summed E-state index contributed by atoms with van der Waals surface area (Å²) in [5.74, 6) is -1.15. The molecule has 0 aliphatic carbocycles. The van der Waals surface area contributed by atoms with E-state index in [4.69, 9.17) is 4.74 Å². The molecule has 1 aromatic carbocycles. The minimum Gasteiger partial charge on any atom is -0.452 e. The molecule has 0 radical (unpaired) electrons. The van der Waals surface area contributed by atoms with Crippen molar-refractivity contribution in [1.82, 2.24) is 4.90 Å². The Balaban J connectivity index is 1.68. The Hall–Kier alpha value is -2.39. The van der Waals surface area contributed by atoms with Crippen molar-refractivity contribution in [3.8, 4) is 0 Å². The molecule has 1 atom stereocenters. The van der Waals surface area contributed by atoms with Crippen molar-refractivity contribution in [3.05, 3.63) is 56.3 Å². The smallest absolute Gasteiger partial charge is 0.345 e. The molecule has 142 valence electrons. The number of thioether (sulfide) groups is 1. The number of ether oxygens (including phenoxy) is 1. The van der Waals surface area contributed by atoms with Gasteiger partial charge in [0.15, 0.2) is 6.61 Å². The summed E-state index contributed by atoms with van der Waals surface area (Å²) in [6.07, 6.45) is 3.57. The van der Waals surface area contributed by atoms with Crippen LogP contribution >= 0.6 is 23.1 Å². The predicted octanol–water partition coefficient (Wildman–Crippen LogP) is 3.90. The lowest BCUT2D eigenvalue weighted by atomic mass is 10.2. The molecule has 0 bridgehead atoms. The van der Waals surface area contributed by atoms with Crippen LogP contribution < -0.4 is 0 Å². The van der Waals surface area contributed by atoms with Gasteiger partial charge in [0.25, 0.3) is 11.6 Å². The predicted molar refractivity (Wildman–Crippen MR) is 103 cm³/mol. The molecule has 0 saturated carbocycles. The van der Waals surface area contributed by atoms with E-state index < -0.39 is 17.5 Å². The van der Waals surface area contributed by atoms with Gasteiger partial charge < -0.3 is 9.64 Å². The van der Waals surface area contributed by atoms with Gasteiger partial charge in [0, 0.05) is 22.4 Å². The molecule has 1 aliphatic rings. The first-order chi connectivity index (χ1) is 13.0. The number of nitro benzene ring substituents is 1. The van der Waals surface area contributed by atoms with Crippen molar-refractivity contribution in [1.29, 1.82) is 0 Å². The standard InChI is InChI=1S/C18H18N2O5S2/c1-26-12-6-7-14(20(23)24)13(10-12)18(22)25-11-17(21)19-8-2-4-15(19)16-5-3-9-27-16/h3,5-7,9-10,15H,2,4,8,11H2,1H3. The topological polar surface area (TPSA) is 89.7 Å². The maximum absolute atomic E-state index is 12.5. The average molecular weight is 406 g/mol. The zero-order valence-corrected chi connectivity index (χ0v) is 16.3. The van der Waals surface area contributed by atoms with Gasteiger partial charge in [-0.25, -0.2) is 4.79 Å². The third kappa shape index (κ3) is 4.30. The highest BCUT2D eigenvalue weighted by Gasteiger charge is 2.31. The van der Waals surface area contributed by atoms with Crippen molar-refractivity contribution in [3.63, 3.8) is 0 Å². The molecular weight excluding hydrogens is 388 g/mol. The van der Waals surface area contributed by atoms with Gasteiger partial charge in [-0.05, 0) is 42.7 Å². The molecule has 1 aliphatic heterocycles. The maximum Gasteiger partial charge on any atom is 0.345 e. The van der Waals surface area contributed by atoms with E-state index in [1.165, 1.54) is 23.9 Å². The van der Waals surface area contributed by atoms with Gasteiger partial charge in [0.2, 0.25) is 0 Å². The fourth-order valence-electron chi connectivity index (χ4n) is 3.09. The number of esters is 1.